The molecule has 2 saturated heterocycles. The number of aliphatic hydroxyl groups is 1. The molecule has 0 saturated carbocycles. The second kappa shape index (κ2) is 10.8. The van der Waals surface area contributed by atoms with Crippen LogP contribution >= 0.6 is 0 Å². The molecule has 2 aliphatic heterocycles. The Labute approximate surface area is 200 Å². The molecular weight excluding hydrogens is 432 g/mol. The number of hydrogen-bond acceptors (Lipinski definition) is 6. The van der Waals surface area contributed by atoms with E-state index in [-0.39, 0.29) is 11.3 Å². The van der Waals surface area contributed by atoms with Crippen molar-refractivity contribution in [2.24, 2.45) is 0 Å². The number of carbonyl (C=O) groups is 2. The monoisotopic (exact) mass is 464 g/mol. The Balaban J connectivity index is 1.73. The van der Waals surface area contributed by atoms with Crippen LogP contribution in [0.5, 0.6) is 5.75 Å². The number of Topliss-reactive ketones (excluding diaryl/α,β-unsaturated/α-hetero) is 1. The summed E-state index contributed by atoms with van der Waals surface area (Å²) in [6, 6.07) is 14.0. The van der Waals surface area contributed by atoms with E-state index in [2.05, 4.69) is 4.90 Å². The minimum Gasteiger partial charge on any atom is -0.507 e. The number of aryl methyl sites for hydroxylation is 1. The largest absolute Gasteiger partial charge is 0.507 e. The highest BCUT2D eigenvalue weighted by Gasteiger charge is 2.46. The van der Waals surface area contributed by atoms with Crippen molar-refractivity contribution in [2.45, 2.75) is 26.3 Å². The summed E-state index contributed by atoms with van der Waals surface area (Å²) in [4.78, 5) is 30.2. The Hall–Kier alpha value is -3.16. The van der Waals surface area contributed by atoms with Gasteiger partial charge in [0.1, 0.15) is 11.5 Å². The molecule has 7 heteroatoms. The third kappa shape index (κ3) is 5.16. The average Bonchev–Trinajstić information content (AvgIpc) is 3.12. The number of aliphatic hydroxyl groups excluding tert-OH is 1. The molecule has 2 aromatic rings. The van der Waals surface area contributed by atoms with Crippen LogP contribution in [-0.2, 0) is 14.3 Å². The van der Waals surface area contributed by atoms with E-state index in [0.717, 1.165) is 30.6 Å². The van der Waals surface area contributed by atoms with Crippen LogP contribution in [-0.4, -0.2) is 72.6 Å². The first kappa shape index (κ1) is 24.0. The van der Waals surface area contributed by atoms with Gasteiger partial charge >= 0.3 is 0 Å². The van der Waals surface area contributed by atoms with Crippen LogP contribution < -0.4 is 4.74 Å². The second-order valence-corrected chi connectivity index (χ2v) is 8.73. The van der Waals surface area contributed by atoms with E-state index in [4.69, 9.17) is 9.47 Å². The molecule has 0 bridgehead atoms. The van der Waals surface area contributed by atoms with Gasteiger partial charge in [-0.05, 0) is 31.0 Å². The number of rotatable bonds is 8. The summed E-state index contributed by atoms with van der Waals surface area (Å²) in [5, 5.41) is 11.2. The van der Waals surface area contributed by atoms with Gasteiger partial charge in [0, 0.05) is 31.7 Å². The summed E-state index contributed by atoms with van der Waals surface area (Å²) in [7, 11) is 0. The van der Waals surface area contributed by atoms with Gasteiger partial charge in [-0.15, -0.1) is 0 Å². The van der Waals surface area contributed by atoms with Crippen molar-refractivity contribution in [3.05, 3.63) is 70.8 Å². The summed E-state index contributed by atoms with van der Waals surface area (Å²) < 4.78 is 11.2. The smallest absolute Gasteiger partial charge is 0.295 e. The first-order chi connectivity index (χ1) is 16.5. The Bertz CT molecular complexity index is 1060. The van der Waals surface area contributed by atoms with E-state index in [1.165, 1.54) is 0 Å². The predicted molar refractivity (Wildman–Crippen MR) is 130 cm³/mol. The molecular formula is C27H32N2O5. The van der Waals surface area contributed by atoms with Gasteiger partial charge in [-0.1, -0.05) is 48.9 Å². The van der Waals surface area contributed by atoms with Crippen molar-refractivity contribution < 1.29 is 24.2 Å². The second-order valence-electron chi connectivity index (χ2n) is 8.73. The summed E-state index contributed by atoms with van der Waals surface area (Å²) >= 11 is 0. The molecule has 7 nitrogen and oxygen atoms in total. The van der Waals surface area contributed by atoms with Crippen LogP contribution in [0.1, 0.15) is 36.1 Å². The number of nitrogens with zero attached hydrogens (tertiary/aromatic N) is 2. The molecule has 0 spiro atoms. The van der Waals surface area contributed by atoms with Gasteiger partial charge in [-0.3, -0.25) is 14.5 Å². The Kier molecular flexibility index (Phi) is 7.65. The van der Waals surface area contributed by atoms with Gasteiger partial charge in [-0.25, -0.2) is 0 Å². The lowest BCUT2D eigenvalue weighted by atomic mass is 9.95. The Morgan fingerprint density at radius 2 is 1.82 bits per heavy atom. The van der Waals surface area contributed by atoms with Gasteiger partial charge in [0.15, 0.2) is 0 Å². The van der Waals surface area contributed by atoms with Crippen molar-refractivity contribution in [1.29, 1.82) is 0 Å². The molecule has 0 aromatic heterocycles. The standard InChI is InChI=1S/C27H32N2O5/c1-3-15-34-22-6-4-5-21(18-22)24-23(25(30)20-9-7-19(2)8-10-20)26(31)27(32)29(24)12-11-28-13-16-33-17-14-28/h4-10,18,24,30H,3,11-17H2,1-2H3/b25-23-. The van der Waals surface area contributed by atoms with E-state index in [1.54, 1.807) is 17.0 Å². The maximum Gasteiger partial charge on any atom is 0.295 e. The van der Waals surface area contributed by atoms with Crippen molar-refractivity contribution >= 4 is 17.4 Å². The fourth-order valence-electron chi connectivity index (χ4n) is 4.39. The van der Waals surface area contributed by atoms with Crippen LogP contribution in [0.15, 0.2) is 54.1 Å². The zero-order valence-electron chi connectivity index (χ0n) is 19.8. The lowest BCUT2D eigenvalue weighted by Crippen LogP contribution is -2.42. The Morgan fingerprint density at radius 1 is 1.09 bits per heavy atom. The summed E-state index contributed by atoms with van der Waals surface area (Å²) in [5.41, 5.74) is 2.41. The average molecular weight is 465 g/mol. The number of hydrogen-bond donors (Lipinski definition) is 1. The molecule has 180 valence electrons. The van der Waals surface area contributed by atoms with Crippen molar-refractivity contribution in [1.82, 2.24) is 9.80 Å². The maximum atomic E-state index is 13.2. The summed E-state index contributed by atoms with van der Waals surface area (Å²) in [6.45, 7) is 8.46. The number of benzene rings is 2. The van der Waals surface area contributed by atoms with E-state index >= 15 is 0 Å². The molecule has 2 aliphatic rings. The first-order valence-corrected chi connectivity index (χ1v) is 11.9. The maximum absolute atomic E-state index is 13.2. The van der Waals surface area contributed by atoms with Crippen molar-refractivity contribution in [3.8, 4) is 5.75 Å². The highest BCUT2D eigenvalue weighted by molar-refractivity contribution is 6.46. The highest BCUT2D eigenvalue weighted by atomic mass is 16.5. The SMILES string of the molecule is CCCOc1cccc(C2/C(=C(/O)c3ccc(C)cc3)C(=O)C(=O)N2CCN2CCOCC2)c1. The number of likely N-dealkylation sites (tertiary alicyclic amines) is 1. The molecule has 2 fully saturated rings. The molecule has 2 aromatic carbocycles. The number of amides is 1. The van der Waals surface area contributed by atoms with Crippen molar-refractivity contribution in [3.63, 3.8) is 0 Å². The van der Waals surface area contributed by atoms with E-state index in [0.29, 0.717) is 44.2 Å². The third-order valence-corrected chi connectivity index (χ3v) is 6.27. The van der Waals surface area contributed by atoms with Crippen LogP contribution in [0.4, 0.5) is 0 Å². The topological polar surface area (TPSA) is 79.3 Å². The molecule has 34 heavy (non-hydrogen) atoms. The van der Waals surface area contributed by atoms with E-state index in [1.807, 2.05) is 50.2 Å². The van der Waals surface area contributed by atoms with Gasteiger partial charge in [-0.2, -0.15) is 0 Å². The molecule has 1 unspecified atom stereocenters. The van der Waals surface area contributed by atoms with Crippen LogP contribution in [0.25, 0.3) is 5.76 Å². The zero-order valence-corrected chi connectivity index (χ0v) is 19.8. The predicted octanol–water partition coefficient (Wildman–Crippen LogP) is 3.54. The van der Waals surface area contributed by atoms with Crippen molar-refractivity contribution in [2.75, 3.05) is 46.0 Å². The minimum atomic E-state index is -0.687. The van der Waals surface area contributed by atoms with E-state index < -0.39 is 17.7 Å². The van der Waals surface area contributed by atoms with E-state index in [9.17, 15) is 14.7 Å². The quantitative estimate of drug-likeness (QED) is 0.366. The molecule has 1 atom stereocenters. The number of carbonyl (C=O) groups excluding carboxylic acids is 2. The highest BCUT2D eigenvalue weighted by Crippen LogP contribution is 2.40. The zero-order chi connectivity index (χ0) is 24.1. The number of ketones is 1. The molecule has 1 amide bonds. The van der Waals surface area contributed by atoms with Gasteiger partial charge in [0.05, 0.1) is 31.4 Å². The third-order valence-electron chi connectivity index (χ3n) is 6.27. The minimum absolute atomic E-state index is 0.114. The normalized spacial score (nSPS) is 20.6. The van der Waals surface area contributed by atoms with Crippen LogP contribution in [0.3, 0.4) is 0 Å². The molecule has 2 heterocycles. The van der Waals surface area contributed by atoms with Crippen LogP contribution in [0, 0.1) is 6.92 Å². The van der Waals surface area contributed by atoms with Gasteiger partial charge in [0.2, 0.25) is 0 Å². The molecule has 0 aliphatic carbocycles. The number of morpholine rings is 1. The lowest BCUT2D eigenvalue weighted by molar-refractivity contribution is -0.140. The fraction of sp³-hybridized carbons (Fsp3) is 0.407. The summed E-state index contributed by atoms with van der Waals surface area (Å²) in [6.07, 6.45) is 0.871. The van der Waals surface area contributed by atoms with Crippen LogP contribution in [0.2, 0.25) is 0 Å². The fourth-order valence-corrected chi connectivity index (χ4v) is 4.39. The lowest BCUT2D eigenvalue weighted by Gasteiger charge is -2.31. The summed E-state index contributed by atoms with van der Waals surface area (Å²) in [5.74, 6) is -0.734. The van der Waals surface area contributed by atoms with Gasteiger partial charge in [0.25, 0.3) is 11.7 Å². The van der Waals surface area contributed by atoms with Gasteiger partial charge < -0.3 is 19.5 Å². The molecule has 1 N–H and O–H groups in total. The Morgan fingerprint density at radius 3 is 2.53 bits per heavy atom. The molecule has 0 radical (unpaired) electrons. The number of ether oxygens (including phenoxy) is 2. The molecule has 4 rings (SSSR count). The first-order valence-electron chi connectivity index (χ1n) is 11.9.